The molecular formula is C20H28N3O4+. The lowest BCUT2D eigenvalue weighted by Gasteiger charge is -2.32. The molecule has 0 bridgehead atoms. The Kier molecular flexibility index (Phi) is 6.34. The zero-order chi connectivity index (χ0) is 19.2. The number of methoxy groups -OCH3 is 1. The number of amides is 2. The topological polar surface area (TPSA) is 81.1 Å². The molecule has 7 nitrogen and oxygen atoms in total. The van der Waals surface area contributed by atoms with Crippen LogP contribution in [0.3, 0.4) is 0 Å². The first-order chi connectivity index (χ1) is 13.1. The van der Waals surface area contributed by atoms with Gasteiger partial charge in [-0.3, -0.25) is 0 Å². The molecule has 7 heteroatoms. The molecule has 0 saturated carbocycles. The molecule has 1 aromatic rings. The SMILES string of the molecule is CCOC(=O)C1=C(C[NH+]2CCCCC2)NC(=O)N[C@H]1c1cccc(OC)c1. The summed E-state index contributed by atoms with van der Waals surface area (Å²) < 4.78 is 10.6. The summed E-state index contributed by atoms with van der Waals surface area (Å²) >= 11 is 0. The Labute approximate surface area is 159 Å². The van der Waals surface area contributed by atoms with Gasteiger partial charge >= 0.3 is 12.0 Å². The minimum Gasteiger partial charge on any atom is -0.497 e. The van der Waals surface area contributed by atoms with Gasteiger partial charge in [-0.15, -0.1) is 0 Å². The third kappa shape index (κ3) is 4.60. The van der Waals surface area contributed by atoms with Gasteiger partial charge in [-0.05, 0) is 43.9 Å². The Morgan fingerprint density at radius 2 is 2.04 bits per heavy atom. The smallest absolute Gasteiger partial charge is 0.338 e. The highest BCUT2D eigenvalue weighted by Gasteiger charge is 2.35. The van der Waals surface area contributed by atoms with Crippen molar-refractivity contribution in [2.75, 3.05) is 33.4 Å². The van der Waals surface area contributed by atoms with E-state index in [2.05, 4.69) is 10.6 Å². The number of carbonyl (C=O) groups excluding carboxylic acids is 2. The van der Waals surface area contributed by atoms with Crippen molar-refractivity contribution in [3.8, 4) is 5.75 Å². The number of hydrogen-bond acceptors (Lipinski definition) is 4. The molecular weight excluding hydrogens is 346 g/mol. The molecule has 146 valence electrons. The predicted molar refractivity (Wildman–Crippen MR) is 100 cm³/mol. The number of ether oxygens (including phenoxy) is 2. The third-order valence-electron chi connectivity index (χ3n) is 5.06. The number of benzene rings is 1. The molecule has 27 heavy (non-hydrogen) atoms. The van der Waals surface area contributed by atoms with Gasteiger partial charge in [0.15, 0.2) is 0 Å². The minimum atomic E-state index is -0.563. The maximum atomic E-state index is 12.8. The van der Waals surface area contributed by atoms with Gasteiger partial charge in [0.05, 0.1) is 44.1 Å². The van der Waals surface area contributed by atoms with Gasteiger partial charge in [-0.1, -0.05) is 12.1 Å². The fraction of sp³-hybridized carbons (Fsp3) is 0.500. The van der Waals surface area contributed by atoms with Gasteiger partial charge in [0.1, 0.15) is 12.3 Å². The highest BCUT2D eigenvalue weighted by molar-refractivity contribution is 5.95. The van der Waals surface area contributed by atoms with Gasteiger partial charge < -0.3 is 25.0 Å². The molecule has 2 heterocycles. The summed E-state index contributed by atoms with van der Waals surface area (Å²) in [6, 6.07) is 6.53. The summed E-state index contributed by atoms with van der Waals surface area (Å²) in [6.45, 7) is 4.77. The van der Waals surface area contributed by atoms with E-state index >= 15 is 0 Å². The molecule has 0 aliphatic carbocycles. The predicted octanol–water partition coefficient (Wildman–Crippen LogP) is 0.935. The largest absolute Gasteiger partial charge is 0.497 e. The van der Waals surface area contributed by atoms with Gasteiger partial charge in [0, 0.05) is 0 Å². The van der Waals surface area contributed by atoms with Crippen LogP contribution in [0.2, 0.25) is 0 Å². The van der Waals surface area contributed by atoms with Crippen molar-refractivity contribution in [1.29, 1.82) is 0 Å². The van der Waals surface area contributed by atoms with Crippen LogP contribution in [0.5, 0.6) is 5.75 Å². The second-order valence-corrected chi connectivity index (χ2v) is 6.91. The van der Waals surface area contributed by atoms with Crippen LogP contribution in [0.1, 0.15) is 37.8 Å². The Bertz CT molecular complexity index is 726. The van der Waals surface area contributed by atoms with E-state index in [-0.39, 0.29) is 12.6 Å². The molecule has 3 N–H and O–H groups in total. The monoisotopic (exact) mass is 374 g/mol. The van der Waals surface area contributed by atoms with E-state index in [4.69, 9.17) is 9.47 Å². The fourth-order valence-corrected chi connectivity index (χ4v) is 3.76. The van der Waals surface area contributed by atoms with Crippen LogP contribution >= 0.6 is 0 Å². The number of likely N-dealkylation sites (tertiary alicyclic amines) is 1. The summed E-state index contributed by atoms with van der Waals surface area (Å²) in [5, 5.41) is 5.73. The average molecular weight is 374 g/mol. The normalized spacial score (nSPS) is 20.7. The third-order valence-corrected chi connectivity index (χ3v) is 5.06. The summed E-state index contributed by atoms with van der Waals surface area (Å²) in [4.78, 5) is 26.5. The molecule has 0 spiro atoms. The van der Waals surface area contributed by atoms with E-state index in [9.17, 15) is 9.59 Å². The van der Waals surface area contributed by atoms with E-state index in [0.717, 1.165) is 18.7 Å². The number of hydrogen-bond donors (Lipinski definition) is 3. The average Bonchev–Trinajstić information content (AvgIpc) is 2.68. The Hall–Kier alpha value is -2.54. The molecule has 1 aromatic carbocycles. The van der Waals surface area contributed by atoms with E-state index in [0.29, 0.717) is 23.6 Å². The lowest BCUT2D eigenvalue weighted by Crippen LogP contribution is -3.13. The van der Waals surface area contributed by atoms with Crippen molar-refractivity contribution in [3.63, 3.8) is 0 Å². The standard InChI is InChI=1S/C20H27N3O4/c1-3-27-19(24)17-16(13-23-10-5-4-6-11-23)21-20(25)22-18(17)14-8-7-9-15(12-14)26-2/h7-9,12,18H,3-6,10-11,13H2,1-2H3,(H2,21,22,25)/p+1/t18-/m0/s1. The van der Waals surface area contributed by atoms with E-state index in [1.54, 1.807) is 14.0 Å². The maximum Gasteiger partial charge on any atom is 0.338 e. The first-order valence-electron chi connectivity index (χ1n) is 9.57. The van der Waals surface area contributed by atoms with Crippen LogP contribution in [-0.4, -0.2) is 45.4 Å². The van der Waals surface area contributed by atoms with Crippen LogP contribution in [-0.2, 0) is 9.53 Å². The number of carbonyl (C=O) groups is 2. The van der Waals surface area contributed by atoms with Crippen molar-refractivity contribution in [1.82, 2.24) is 10.6 Å². The maximum absolute atomic E-state index is 12.8. The van der Waals surface area contributed by atoms with Crippen LogP contribution in [0.4, 0.5) is 4.79 Å². The van der Waals surface area contributed by atoms with Crippen LogP contribution in [0.25, 0.3) is 0 Å². The molecule has 0 radical (unpaired) electrons. The zero-order valence-electron chi connectivity index (χ0n) is 16.0. The van der Waals surface area contributed by atoms with Crippen molar-refractivity contribution in [2.45, 2.75) is 32.2 Å². The number of quaternary nitrogens is 1. The highest BCUT2D eigenvalue weighted by Crippen LogP contribution is 2.29. The Balaban J connectivity index is 1.98. The Morgan fingerprint density at radius 3 is 2.74 bits per heavy atom. The molecule has 2 amide bonds. The van der Waals surface area contributed by atoms with Crippen molar-refractivity contribution >= 4 is 12.0 Å². The number of nitrogens with one attached hydrogen (secondary N) is 3. The molecule has 2 aliphatic rings. The molecule has 1 atom stereocenters. The van der Waals surface area contributed by atoms with Crippen LogP contribution < -0.4 is 20.3 Å². The van der Waals surface area contributed by atoms with E-state index < -0.39 is 12.0 Å². The summed E-state index contributed by atoms with van der Waals surface area (Å²) in [5.74, 6) is 0.274. The number of esters is 1. The molecule has 1 fully saturated rings. The summed E-state index contributed by atoms with van der Waals surface area (Å²) in [6.07, 6.45) is 3.58. The fourth-order valence-electron chi connectivity index (χ4n) is 3.76. The van der Waals surface area contributed by atoms with Gasteiger partial charge in [-0.2, -0.15) is 0 Å². The molecule has 0 aromatic heterocycles. The number of urea groups is 1. The van der Waals surface area contributed by atoms with Crippen molar-refractivity contribution in [2.24, 2.45) is 0 Å². The van der Waals surface area contributed by atoms with Gasteiger partial charge in [0.25, 0.3) is 0 Å². The van der Waals surface area contributed by atoms with E-state index in [1.807, 2.05) is 24.3 Å². The van der Waals surface area contributed by atoms with Crippen LogP contribution in [0.15, 0.2) is 35.5 Å². The quantitative estimate of drug-likeness (QED) is 0.648. The molecule has 3 rings (SSSR count). The number of piperidine rings is 1. The summed E-state index contributed by atoms with van der Waals surface area (Å²) in [5.41, 5.74) is 1.92. The Morgan fingerprint density at radius 1 is 1.26 bits per heavy atom. The second-order valence-electron chi connectivity index (χ2n) is 6.91. The second kappa shape index (κ2) is 8.90. The molecule has 2 aliphatic heterocycles. The van der Waals surface area contributed by atoms with Crippen molar-refractivity contribution in [3.05, 3.63) is 41.1 Å². The van der Waals surface area contributed by atoms with Gasteiger partial charge in [0.2, 0.25) is 0 Å². The lowest BCUT2D eigenvalue weighted by molar-refractivity contribution is -0.900. The molecule has 1 saturated heterocycles. The lowest BCUT2D eigenvalue weighted by atomic mass is 9.94. The minimum absolute atomic E-state index is 0.283. The molecule has 0 unspecified atom stereocenters. The number of rotatable bonds is 6. The zero-order valence-corrected chi connectivity index (χ0v) is 16.0. The van der Waals surface area contributed by atoms with Crippen molar-refractivity contribution < 1.29 is 24.0 Å². The first-order valence-corrected chi connectivity index (χ1v) is 9.57. The highest BCUT2D eigenvalue weighted by atomic mass is 16.5. The summed E-state index contributed by atoms with van der Waals surface area (Å²) in [7, 11) is 1.59. The van der Waals surface area contributed by atoms with E-state index in [1.165, 1.54) is 24.2 Å². The van der Waals surface area contributed by atoms with Crippen LogP contribution in [0, 0.1) is 0 Å². The first kappa shape index (κ1) is 19.2. The van der Waals surface area contributed by atoms with Gasteiger partial charge in [-0.25, -0.2) is 9.59 Å².